The van der Waals surface area contributed by atoms with Gasteiger partial charge >= 0.3 is 0 Å². The van der Waals surface area contributed by atoms with Crippen molar-refractivity contribution in [2.24, 2.45) is 11.7 Å². The van der Waals surface area contributed by atoms with Crippen LogP contribution >= 0.6 is 0 Å². The molecule has 0 aromatic rings. The van der Waals surface area contributed by atoms with Crippen LogP contribution in [0.4, 0.5) is 8.78 Å². The minimum Gasteiger partial charge on any atom is -0.370 e. The molecule has 0 radical (unpaired) electrons. The summed E-state index contributed by atoms with van der Waals surface area (Å²) < 4.78 is 24.4. The van der Waals surface area contributed by atoms with Gasteiger partial charge in [-0.2, -0.15) is 0 Å². The molecule has 1 fully saturated rings. The van der Waals surface area contributed by atoms with Crippen molar-refractivity contribution in [1.29, 1.82) is 5.41 Å². The number of nitrogens with zero attached hydrogens (tertiary/aromatic N) is 1. The Hall–Kier alpha value is -0.870. The standard InChI is InChI=1S/C7H13F2N3/c8-6(9)5-2-1-3-12(4-5)7(10)11/h5-6H,1-4H2,(H3,10,11). The van der Waals surface area contributed by atoms with Crippen LogP contribution in [0.2, 0.25) is 0 Å². The molecule has 0 aliphatic carbocycles. The van der Waals surface area contributed by atoms with Crippen molar-refractivity contribution in [3.05, 3.63) is 0 Å². The van der Waals surface area contributed by atoms with Crippen LogP contribution in [-0.4, -0.2) is 30.4 Å². The van der Waals surface area contributed by atoms with Gasteiger partial charge in [0.1, 0.15) is 0 Å². The van der Waals surface area contributed by atoms with E-state index >= 15 is 0 Å². The summed E-state index contributed by atoms with van der Waals surface area (Å²) in [5.74, 6) is -0.706. The van der Waals surface area contributed by atoms with Crippen LogP contribution in [0.1, 0.15) is 12.8 Å². The van der Waals surface area contributed by atoms with E-state index in [1.165, 1.54) is 4.90 Å². The Morgan fingerprint density at radius 2 is 2.25 bits per heavy atom. The molecule has 1 heterocycles. The average Bonchev–Trinajstić information content (AvgIpc) is 2.04. The van der Waals surface area contributed by atoms with Crippen LogP contribution in [0.5, 0.6) is 0 Å². The highest BCUT2D eigenvalue weighted by molar-refractivity contribution is 5.74. The van der Waals surface area contributed by atoms with Gasteiger partial charge < -0.3 is 10.6 Å². The second kappa shape index (κ2) is 3.69. The normalized spacial score (nSPS) is 24.6. The molecule has 0 aromatic heterocycles. The number of hydrogen-bond donors (Lipinski definition) is 2. The van der Waals surface area contributed by atoms with E-state index in [4.69, 9.17) is 11.1 Å². The lowest BCUT2D eigenvalue weighted by Crippen LogP contribution is -2.45. The van der Waals surface area contributed by atoms with E-state index in [-0.39, 0.29) is 12.5 Å². The first-order chi connectivity index (χ1) is 5.61. The molecule has 0 spiro atoms. The number of guanidine groups is 1. The molecule has 0 aromatic carbocycles. The fourth-order valence-electron chi connectivity index (χ4n) is 1.43. The number of rotatable bonds is 1. The molecule has 1 aliphatic rings. The van der Waals surface area contributed by atoms with Crippen molar-refractivity contribution in [3.63, 3.8) is 0 Å². The van der Waals surface area contributed by atoms with Gasteiger partial charge in [0.25, 0.3) is 0 Å². The van der Waals surface area contributed by atoms with E-state index in [9.17, 15) is 8.78 Å². The molecular weight excluding hydrogens is 164 g/mol. The predicted octanol–water partition coefficient (Wildman–Crippen LogP) is 0.857. The van der Waals surface area contributed by atoms with E-state index in [0.29, 0.717) is 19.4 Å². The quantitative estimate of drug-likeness (QED) is 0.461. The molecule has 1 unspecified atom stereocenters. The first kappa shape index (κ1) is 9.22. The molecule has 70 valence electrons. The number of nitrogens with two attached hydrogens (primary N) is 1. The summed E-state index contributed by atoms with van der Waals surface area (Å²) in [5.41, 5.74) is 5.19. The molecule has 0 saturated carbocycles. The van der Waals surface area contributed by atoms with Crippen LogP contribution in [0.25, 0.3) is 0 Å². The van der Waals surface area contributed by atoms with Gasteiger partial charge in [0.15, 0.2) is 5.96 Å². The Morgan fingerprint density at radius 1 is 1.58 bits per heavy atom. The summed E-state index contributed by atoms with van der Waals surface area (Å²) in [6.07, 6.45) is -1.04. The van der Waals surface area contributed by atoms with Crippen LogP contribution in [-0.2, 0) is 0 Å². The average molecular weight is 177 g/mol. The third kappa shape index (κ3) is 2.06. The maximum atomic E-state index is 12.2. The third-order valence-corrected chi connectivity index (χ3v) is 2.15. The zero-order chi connectivity index (χ0) is 9.14. The van der Waals surface area contributed by atoms with E-state index in [0.717, 1.165) is 0 Å². The van der Waals surface area contributed by atoms with Gasteiger partial charge in [-0.05, 0) is 12.8 Å². The highest BCUT2D eigenvalue weighted by atomic mass is 19.3. The predicted molar refractivity (Wildman–Crippen MR) is 42.2 cm³/mol. The number of alkyl halides is 2. The monoisotopic (exact) mass is 177 g/mol. The zero-order valence-electron chi connectivity index (χ0n) is 6.76. The minimum absolute atomic E-state index is 0.0969. The van der Waals surface area contributed by atoms with Gasteiger partial charge in [-0.1, -0.05) is 0 Å². The minimum atomic E-state index is -2.29. The van der Waals surface area contributed by atoms with Gasteiger partial charge in [0, 0.05) is 19.0 Å². The number of nitrogens with one attached hydrogen (secondary N) is 1. The van der Waals surface area contributed by atoms with E-state index < -0.39 is 12.3 Å². The molecule has 1 atom stereocenters. The number of piperidine rings is 1. The van der Waals surface area contributed by atoms with Crippen molar-refractivity contribution >= 4 is 5.96 Å². The van der Waals surface area contributed by atoms with Gasteiger partial charge in [0.05, 0.1) is 0 Å². The molecule has 1 rings (SSSR count). The van der Waals surface area contributed by atoms with E-state index in [2.05, 4.69) is 0 Å². The number of hydrogen-bond acceptors (Lipinski definition) is 1. The highest BCUT2D eigenvalue weighted by Gasteiger charge is 2.27. The largest absolute Gasteiger partial charge is 0.370 e. The molecule has 1 aliphatic heterocycles. The van der Waals surface area contributed by atoms with Crippen LogP contribution in [0.15, 0.2) is 0 Å². The zero-order valence-corrected chi connectivity index (χ0v) is 6.76. The lowest BCUT2D eigenvalue weighted by atomic mass is 9.99. The molecule has 0 amide bonds. The molecule has 3 nitrogen and oxygen atoms in total. The number of halogens is 2. The third-order valence-electron chi connectivity index (χ3n) is 2.15. The maximum Gasteiger partial charge on any atom is 0.243 e. The fourth-order valence-corrected chi connectivity index (χ4v) is 1.43. The Labute approximate surface area is 70.0 Å². The van der Waals surface area contributed by atoms with Crippen LogP contribution in [0.3, 0.4) is 0 Å². The Kier molecular flexibility index (Phi) is 2.83. The Bertz CT molecular complexity index is 172. The topological polar surface area (TPSA) is 53.1 Å². The summed E-state index contributed by atoms with van der Waals surface area (Å²) in [4.78, 5) is 1.50. The van der Waals surface area contributed by atoms with Crippen molar-refractivity contribution < 1.29 is 8.78 Å². The van der Waals surface area contributed by atoms with Crippen molar-refractivity contribution in [2.45, 2.75) is 19.3 Å². The first-order valence-electron chi connectivity index (χ1n) is 3.98. The van der Waals surface area contributed by atoms with Crippen molar-refractivity contribution in [1.82, 2.24) is 4.90 Å². The molecular formula is C7H13F2N3. The van der Waals surface area contributed by atoms with Crippen LogP contribution < -0.4 is 5.73 Å². The summed E-state index contributed by atoms with van der Waals surface area (Å²) in [6.45, 7) is 0.867. The Balaban J connectivity index is 2.46. The van der Waals surface area contributed by atoms with E-state index in [1.807, 2.05) is 0 Å². The molecule has 3 N–H and O–H groups in total. The molecule has 12 heavy (non-hydrogen) atoms. The summed E-state index contributed by atoms with van der Waals surface area (Å²) >= 11 is 0. The highest BCUT2D eigenvalue weighted by Crippen LogP contribution is 2.21. The molecule has 5 heteroatoms. The van der Waals surface area contributed by atoms with Crippen molar-refractivity contribution in [2.75, 3.05) is 13.1 Å². The van der Waals surface area contributed by atoms with Crippen LogP contribution in [0, 0.1) is 11.3 Å². The maximum absolute atomic E-state index is 12.2. The van der Waals surface area contributed by atoms with Gasteiger partial charge in [-0.15, -0.1) is 0 Å². The summed E-state index contributed by atoms with van der Waals surface area (Å²) in [6, 6.07) is 0. The van der Waals surface area contributed by atoms with Gasteiger partial charge in [-0.25, -0.2) is 8.78 Å². The van der Waals surface area contributed by atoms with Crippen molar-refractivity contribution in [3.8, 4) is 0 Å². The van der Waals surface area contributed by atoms with Gasteiger partial charge in [-0.3, -0.25) is 5.41 Å². The second-order valence-electron chi connectivity index (χ2n) is 3.07. The summed E-state index contributed by atoms with van der Waals surface area (Å²) in [7, 11) is 0. The Morgan fingerprint density at radius 3 is 2.75 bits per heavy atom. The smallest absolute Gasteiger partial charge is 0.243 e. The SMILES string of the molecule is N=C(N)N1CCCC(C(F)F)C1. The lowest BCUT2D eigenvalue weighted by molar-refractivity contribution is 0.0441. The fraction of sp³-hybridized carbons (Fsp3) is 0.857. The van der Waals surface area contributed by atoms with Gasteiger partial charge in [0.2, 0.25) is 6.43 Å². The number of likely N-dealkylation sites (tertiary alicyclic amines) is 1. The lowest BCUT2D eigenvalue weighted by Gasteiger charge is -2.32. The molecule has 0 bridgehead atoms. The second-order valence-corrected chi connectivity index (χ2v) is 3.07. The first-order valence-corrected chi connectivity index (χ1v) is 3.98. The summed E-state index contributed by atoms with van der Waals surface area (Å²) in [5, 5.41) is 7.08. The van der Waals surface area contributed by atoms with E-state index in [1.54, 1.807) is 0 Å². The molecule has 1 saturated heterocycles.